The molecule has 0 aromatic heterocycles. The van der Waals surface area contributed by atoms with Crippen LogP contribution in [-0.4, -0.2) is 59.4 Å². The van der Waals surface area contributed by atoms with Gasteiger partial charge in [0.2, 0.25) is 5.91 Å². The van der Waals surface area contributed by atoms with Gasteiger partial charge in [-0.15, -0.1) is 0 Å². The molecule has 3 heterocycles. The number of imide groups is 1. The standard InChI is InChI=1S/C23H32N4O3/c28-21(24-15-18-9-6-14-26-13-5-4-10-20(18)26)12-11-19-22(29)27(23(30)25-19)16-17-7-2-1-3-8-17/h1-3,7-8,18-20H,4-6,9-16H2,(H,24,28)(H,25,30)/t18-,19-,20+/m0/s1. The zero-order valence-corrected chi connectivity index (χ0v) is 17.5. The van der Waals surface area contributed by atoms with E-state index in [-0.39, 0.29) is 30.8 Å². The quantitative estimate of drug-likeness (QED) is 0.673. The van der Waals surface area contributed by atoms with Crippen LogP contribution in [-0.2, 0) is 16.1 Å². The molecule has 7 heteroatoms. The van der Waals surface area contributed by atoms with Crippen molar-refractivity contribution in [3.05, 3.63) is 35.9 Å². The molecule has 162 valence electrons. The molecule has 0 spiro atoms. The first-order valence-corrected chi connectivity index (χ1v) is 11.3. The first-order chi connectivity index (χ1) is 14.6. The van der Waals surface area contributed by atoms with Gasteiger partial charge in [-0.3, -0.25) is 14.5 Å². The van der Waals surface area contributed by atoms with Gasteiger partial charge >= 0.3 is 6.03 Å². The maximum absolute atomic E-state index is 12.6. The fourth-order valence-electron chi connectivity index (χ4n) is 5.11. The third-order valence-electron chi connectivity index (χ3n) is 6.74. The number of benzene rings is 1. The van der Waals surface area contributed by atoms with Gasteiger partial charge in [0.15, 0.2) is 0 Å². The number of nitrogens with one attached hydrogen (secondary N) is 2. The summed E-state index contributed by atoms with van der Waals surface area (Å²) in [6.07, 6.45) is 6.77. The maximum atomic E-state index is 12.6. The van der Waals surface area contributed by atoms with Gasteiger partial charge in [0, 0.05) is 19.0 Å². The molecule has 3 aliphatic heterocycles. The van der Waals surface area contributed by atoms with Crippen LogP contribution in [0.1, 0.15) is 50.5 Å². The summed E-state index contributed by atoms with van der Waals surface area (Å²) in [6.45, 7) is 3.36. The van der Waals surface area contributed by atoms with Crippen molar-refractivity contribution in [3.63, 3.8) is 0 Å². The number of hydrogen-bond donors (Lipinski definition) is 2. The van der Waals surface area contributed by atoms with Gasteiger partial charge in [0.05, 0.1) is 6.54 Å². The molecule has 0 unspecified atom stereocenters. The summed E-state index contributed by atoms with van der Waals surface area (Å²) in [4.78, 5) is 41.0. The number of carbonyl (C=O) groups is 3. The summed E-state index contributed by atoms with van der Waals surface area (Å²) in [5, 5.41) is 5.81. The van der Waals surface area contributed by atoms with E-state index in [4.69, 9.17) is 0 Å². The number of rotatable bonds is 7. The van der Waals surface area contributed by atoms with Gasteiger partial charge in [0.25, 0.3) is 5.91 Å². The lowest BCUT2D eigenvalue weighted by Crippen LogP contribution is -2.51. The number of amides is 4. The smallest absolute Gasteiger partial charge is 0.325 e. The monoisotopic (exact) mass is 412 g/mol. The average Bonchev–Trinajstić information content (AvgIpc) is 3.04. The molecule has 7 nitrogen and oxygen atoms in total. The molecule has 3 fully saturated rings. The van der Waals surface area contributed by atoms with E-state index < -0.39 is 6.04 Å². The first-order valence-electron chi connectivity index (χ1n) is 11.3. The van der Waals surface area contributed by atoms with Crippen molar-refractivity contribution in [1.82, 2.24) is 20.4 Å². The zero-order chi connectivity index (χ0) is 20.9. The molecule has 1 aromatic carbocycles. The molecule has 4 amide bonds. The lowest BCUT2D eigenvalue weighted by Gasteiger charge is -2.44. The summed E-state index contributed by atoms with van der Waals surface area (Å²) < 4.78 is 0. The van der Waals surface area contributed by atoms with Crippen LogP contribution in [0.2, 0.25) is 0 Å². The molecule has 0 saturated carbocycles. The molecule has 3 saturated heterocycles. The molecule has 0 bridgehead atoms. The van der Waals surface area contributed by atoms with E-state index >= 15 is 0 Å². The van der Waals surface area contributed by atoms with E-state index in [0.29, 0.717) is 24.9 Å². The van der Waals surface area contributed by atoms with Gasteiger partial charge in [0.1, 0.15) is 6.04 Å². The highest BCUT2D eigenvalue weighted by atomic mass is 16.2. The van der Waals surface area contributed by atoms with E-state index in [1.807, 2.05) is 30.3 Å². The SMILES string of the molecule is O=C(CC[C@@H]1NC(=O)N(Cc2ccccc2)C1=O)NC[C@@H]1CCCN2CCCC[C@H]12. The zero-order valence-electron chi connectivity index (χ0n) is 17.5. The Hall–Kier alpha value is -2.41. The predicted octanol–water partition coefficient (Wildman–Crippen LogP) is 2.27. The Balaban J connectivity index is 1.22. The van der Waals surface area contributed by atoms with E-state index in [9.17, 15) is 14.4 Å². The second-order valence-corrected chi connectivity index (χ2v) is 8.76. The molecule has 3 atom stereocenters. The van der Waals surface area contributed by atoms with Crippen LogP contribution in [0.3, 0.4) is 0 Å². The van der Waals surface area contributed by atoms with Gasteiger partial charge in [-0.25, -0.2) is 4.79 Å². The summed E-state index contributed by atoms with van der Waals surface area (Å²) in [7, 11) is 0. The van der Waals surface area contributed by atoms with Crippen molar-refractivity contribution in [2.75, 3.05) is 19.6 Å². The number of hydrogen-bond acceptors (Lipinski definition) is 4. The number of nitrogens with zero attached hydrogens (tertiary/aromatic N) is 2. The summed E-state index contributed by atoms with van der Waals surface area (Å²) >= 11 is 0. The van der Waals surface area contributed by atoms with Crippen molar-refractivity contribution < 1.29 is 14.4 Å². The third-order valence-corrected chi connectivity index (χ3v) is 6.74. The van der Waals surface area contributed by atoms with Gasteiger partial charge in [-0.1, -0.05) is 36.8 Å². The molecule has 0 aliphatic carbocycles. The fourth-order valence-corrected chi connectivity index (χ4v) is 5.11. The Morgan fingerprint density at radius 3 is 2.70 bits per heavy atom. The Kier molecular flexibility index (Phi) is 6.67. The largest absolute Gasteiger partial charge is 0.356 e. The van der Waals surface area contributed by atoms with Crippen molar-refractivity contribution in [2.24, 2.45) is 5.92 Å². The fraction of sp³-hybridized carbons (Fsp3) is 0.609. The van der Waals surface area contributed by atoms with Crippen molar-refractivity contribution in [1.29, 1.82) is 0 Å². The van der Waals surface area contributed by atoms with Crippen molar-refractivity contribution in [3.8, 4) is 0 Å². The van der Waals surface area contributed by atoms with Gasteiger partial charge < -0.3 is 15.5 Å². The van der Waals surface area contributed by atoms with E-state index in [2.05, 4.69) is 15.5 Å². The lowest BCUT2D eigenvalue weighted by atomic mass is 9.83. The van der Waals surface area contributed by atoms with Crippen LogP contribution >= 0.6 is 0 Å². The number of carbonyl (C=O) groups excluding carboxylic acids is 3. The minimum atomic E-state index is -0.615. The number of urea groups is 1. The molecular weight excluding hydrogens is 380 g/mol. The van der Waals surface area contributed by atoms with Gasteiger partial charge in [-0.05, 0) is 56.7 Å². The summed E-state index contributed by atoms with van der Waals surface area (Å²) in [5.41, 5.74) is 0.906. The molecule has 0 radical (unpaired) electrons. The summed E-state index contributed by atoms with van der Waals surface area (Å²) in [5.74, 6) is 0.241. The Labute approximate surface area is 178 Å². The van der Waals surface area contributed by atoms with E-state index in [1.54, 1.807) is 0 Å². The first kappa shape index (κ1) is 20.8. The van der Waals surface area contributed by atoms with Crippen LogP contribution < -0.4 is 10.6 Å². The second-order valence-electron chi connectivity index (χ2n) is 8.76. The van der Waals surface area contributed by atoms with Crippen LogP contribution in [0.15, 0.2) is 30.3 Å². The van der Waals surface area contributed by atoms with Crippen molar-refractivity contribution >= 4 is 17.8 Å². The lowest BCUT2D eigenvalue weighted by molar-refractivity contribution is -0.128. The van der Waals surface area contributed by atoms with Gasteiger partial charge in [-0.2, -0.15) is 0 Å². The Morgan fingerprint density at radius 2 is 1.87 bits per heavy atom. The minimum absolute atomic E-state index is 0.0357. The van der Waals surface area contributed by atoms with Crippen molar-refractivity contribution in [2.45, 2.75) is 63.6 Å². The molecule has 4 rings (SSSR count). The highest BCUT2D eigenvalue weighted by Crippen LogP contribution is 2.30. The number of piperidine rings is 2. The van der Waals surface area contributed by atoms with Crippen LogP contribution in [0.25, 0.3) is 0 Å². The minimum Gasteiger partial charge on any atom is -0.356 e. The Morgan fingerprint density at radius 1 is 1.07 bits per heavy atom. The molecular formula is C23H32N4O3. The number of fused-ring (bicyclic) bond motifs is 1. The molecule has 2 N–H and O–H groups in total. The van der Waals surface area contributed by atoms with Crippen LogP contribution in [0.4, 0.5) is 4.79 Å². The maximum Gasteiger partial charge on any atom is 0.325 e. The molecule has 3 aliphatic rings. The predicted molar refractivity (Wildman–Crippen MR) is 113 cm³/mol. The second kappa shape index (κ2) is 9.60. The molecule has 1 aromatic rings. The van der Waals surface area contributed by atoms with E-state index in [1.165, 1.54) is 50.1 Å². The molecule has 30 heavy (non-hydrogen) atoms. The normalized spacial score (nSPS) is 26.9. The van der Waals surface area contributed by atoms with Crippen LogP contribution in [0, 0.1) is 5.92 Å². The summed E-state index contributed by atoms with van der Waals surface area (Å²) in [6, 6.07) is 9.05. The third kappa shape index (κ3) is 4.83. The van der Waals surface area contributed by atoms with Crippen LogP contribution in [0.5, 0.6) is 0 Å². The van der Waals surface area contributed by atoms with E-state index in [0.717, 1.165) is 5.56 Å². The highest BCUT2D eigenvalue weighted by molar-refractivity contribution is 6.04. The highest BCUT2D eigenvalue weighted by Gasteiger charge is 2.38. The topological polar surface area (TPSA) is 81.8 Å². The average molecular weight is 413 g/mol. The Bertz CT molecular complexity index is 767.